The molecule has 0 spiro atoms. The van der Waals surface area contributed by atoms with Gasteiger partial charge in [-0.3, -0.25) is 4.79 Å². The molecule has 36 heavy (non-hydrogen) atoms. The summed E-state index contributed by atoms with van der Waals surface area (Å²) < 4.78 is 4.68. The number of hydrogen-bond acceptors (Lipinski definition) is 2. The highest BCUT2D eigenvalue weighted by Crippen LogP contribution is 2.16. The third kappa shape index (κ3) is 31.5. The van der Waals surface area contributed by atoms with Gasteiger partial charge in [-0.25, -0.2) is 0 Å². The van der Waals surface area contributed by atoms with Crippen molar-refractivity contribution in [3.8, 4) is 0 Å². The Balaban J connectivity index is 3.03. The van der Waals surface area contributed by atoms with Crippen molar-refractivity contribution in [2.75, 3.05) is 7.11 Å². The molecule has 0 saturated heterocycles. The number of methoxy groups -OCH3 is 1. The van der Waals surface area contributed by atoms with E-state index in [0.717, 1.165) is 6.42 Å². The third-order valence-corrected chi connectivity index (χ3v) is 7.96. The average Bonchev–Trinajstić information content (AvgIpc) is 2.89. The first-order valence-electron chi connectivity index (χ1n) is 16.9. The molecule has 0 rings (SSSR count). The summed E-state index contributed by atoms with van der Waals surface area (Å²) in [6.07, 6.45) is 43.2. The van der Waals surface area contributed by atoms with Gasteiger partial charge < -0.3 is 4.74 Å². The van der Waals surface area contributed by atoms with Crippen molar-refractivity contribution in [1.29, 1.82) is 0 Å². The maximum atomic E-state index is 11.0. The maximum Gasteiger partial charge on any atom is 0.305 e. The monoisotopic (exact) mass is 509 g/mol. The molecule has 0 radical (unpaired) electrons. The Labute approximate surface area is 228 Å². The number of unbranched alkanes of at least 4 members (excludes halogenated alkanes) is 29. The smallest absolute Gasteiger partial charge is 0.305 e. The van der Waals surface area contributed by atoms with Gasteiger partial charge >= 0.3 is 5.97 Å². The highest BCUT2D eigenvalue weighted by molar-refractivity contribution is 5.68. The molecule has 0 N–H and O–H groups in total. The molecule has 0 aliphatic rings. The average molecular weight is 509 g/mol. The molecule has 0 aromatic rings. The van der Waals surface area contributed by atoms with Crippen LogP contribution in [0.3, 0.4) is 0 Å². The standard InChI is InChI=1S/C34H68O2/c1-3-4-5-6-7-8-9-10-11-12-13-14-15-16-17-18-19-20-21-22-23-24-25-26-27-28-29-30-31-32-33-34(35)36-2/h3-33H2,1-2H3. The van der Waals surface area contributed by atoms with Gasteiger partial charge in [0.15, 0.2) is 0 Å². The van der Waals surface area contributed by atoms with E-state index in [1.807, 2.05) is 0 Å². The third-order valence-electron chi connectivity index (χ3n) is 7.96. The summed E-state index contributed by atoms with van der Waals surface area (Å²) in [5, 5.41) is 0. The van der Waals surface area contributed by atoms with Crippen molar-refractivity contribution in [3.63, 3.8) is 0 Å². The van der Waals surface area contributed by atoms with Gasteiger partial charge in [0.2, 0.25) is 0 Å². The van der Waals surface area contributed by atoms with Gasteiger partial charge in [0.25, 0.3) is 0 Å². The quantitative estimate of drug-likeness (QED) is 0.0687. The zero-order chi connectivity index (χ0) is 26.2. The number of hydrogen-bond donors (Lipinski definition) is 0. The molecule has 0 amide bonds. The molecule has 2 nitrogen and oxygen atoms in total. The molecule has 0 saturated carbocycles. The van der Waals surface area contributed by atoms with Crippen LogP contribution in [0.5, 0.6) is 0 Å². The van der Waals surface area contributed by atoms with Gasteiger partial charge in [-0.2, -0.15) is 0 Å². The van der Waals surface area contributed by atoms with Gasteiger partial charge in [-0.1, -0.05) is 193 Å². The summed E-state index contributed by atoms with van der Waals surface area (Å²) in [7, 11) is 1.48. The molecule has 2 heteroatoms. The first-order valence-corrected chi connectivity index (χ1v) is 16.9. The highest BCUT2D eigenvalue weighted by Gasteiger charge is 1.99. The zero-order valence-corrected chi connectivity index (χ0v) is 25.2. The number of rotatable bonds is 31. The minimum absolute atomic E-state index is 0.0600. The summed E-state index contributed by atoms with van der Waals surface area (Å²) in [6, 6.07) is 0. The lowest BCUT2D eigenvalue weighted by Gasteiger charge is -2.04. The fraction of sp³-hybridized carbons (Fsp3) is 0.971. The SMILES string of the molecule is CCCCCCCCCCCCCCCCCCCCCCCCCCCCCCCCC(=O)OC. The van der Waals surface area contributed by atoms with E-state index < -0.39 is 0 Å². The normalized spacial score (nSPS) is 11.3. The Bertz CT molecular complexity index is 406. The predicted molar refractivity (Wildman–Crippen MR) is 161 cm³/mol. The van der Waals surface area contributed by atoms with Crippen LogP contribution in [0.15, 0.2) is 0 Å². The second-order valence-electron chi connectivity index (χ2n) is 11.6. The van der Waals surface area contributed by atoms with Crippen molar-refractivity contribution >= 4 is 5.97 Å². The zero-order valence-electron chi connectivity index (χ0n) is 25.2. The number of carbonyl (C=O) groups excluding carboxylic acids is 1. The van der Waals surface area contributed by atoms with Crippen LogP contribution in [0.25, 0.3) is 0 Å². The number of carbonyl (C=O) groups is 1. The molecule has 0 aromatic carbocycles. The second kappa shape index (κ2) is 32.5. The van der Waals surface area contributed by atoms with E-state index in [1.54, 1.807) is 0 Å². The van der Waals surface area contributed by atoms with E-state index in [9.17, 15) is 4.79 Å². The minimum atomic E-state index is -0.0600. The summed E-state index contributed by atoms with van der Waals surface area (Å²) in [4.78, 5) is 11.0. The Hall–Kier alpha value is -0.530. The molecule has 0 bridgehead atoms. The fourth-order valence-corrected chi connectivity index (χ4v) is 5.39. The lowest BCUT2D eigenvalue weighted by molar-refractivity contribution is -0.140. The van der Waals surface area contributed by atoms with Gasteiger partial charge in [-0.15, -0.1) is 0 Å². The first-order chi connectivity index (χ1) is 17.8. The molecule has 0 heterocycles. The molecule has 0 aliphatic heterocycles. The summed E-state index contributed by atoms with van der Waals surface area (Å²) in [5.74, 6) is -0.0600. The molecular weight excluding hydrogens is 440 g/mol. The van der Waals surface area contributed by atoms with Crippen LogP contribution in [0.4, 0.5) is 0 Å². The largest absolute Gasteiger partial charge is 0.469 e. The van der Waals surface area contributed by atoms with Crippen molar-refractivity contribution in [3.05, 3.63) is 0 Å². The number of ether oxygens (including phenoxy) is 1. The van der Waals surface area contributed by atoms with Crippen LogP contribution in [0.1, 0.15) is 206 Å². The molecule has 0 unspecified atom stereocenters. The summed E-state index contributed by atoms with van der Waals surface area (Å²) in [5.41, 5.74) is 0. The van der Waals surface area contributed by atoms with Crippen molar-refractivity contribution in [1.82, 2.24) is 0 Å². The van der Waals surface area contributed by atoms with Gasteiger partial charge in [0.05, 0.1) is 7.11 Å². The van der Waals surface area contributed by atoms with Crippen molar-refractivity contribution < 1.29 is 9.53 Å². The van der Waals surface area contributed by atoms with E-state index in [0.29, 0.717) is 6.42 Å². The van der Waals surface area contributed by atoms with E-state index >= 15 is 0 Å². The Morgan fingerprint density at radius 3 is 0.750 bits per heavy atom. The summed E-state index contributed by atoms with van der Waals surface area (Å²) in [6.45, 7) is 2.30. The maximum absolute atomic E-state index is 11.0. The molecule has 0 atom stereocenters. The second-order valence-corrected chi connectivity index (χ2v) is 11.6. The first kappa shape index (κ1) is 35.5. The van der Waals surface area contributed by atoms with Crippen LogP contribution in [-0.4, -0.2) is 13.1 Å². The van der Waals surface area contributed by atoms with Crippen LogP contribution in [0.2, 0.25) is 0 Å². The van der Waals surface area contributed by atoms with Crippen molar-refractivity contribution in [2.45, 2.75) is 206 Å². The Morgan fingerprint density at radius 1 is 0.361 bits per heavy atom. The topological polar surface area (TPSA) is 26.3 Å². The van der Waals surface area contributed by atoms with Crippen LogP contribution >= 0.6 is 0 Å². The van der Waals surface area contributed by atoms with E-state index in [2.05, 4.69) is 11.7 Å². The van der Waals surface area contributed by atoms with Gasteiger partial charge in [-0.05, 0) is 6.42 Å². The van der Waals surface area contributed by atoms with Gasteiger partial charge in [0, 0.05) is 6.42 Å². The van der Waals surface area contributed by atoms with Crippen LogP contribution < -0.4 is 0 Å². The van der Waals surface area contributed by atoms with Crippen molar-refractivity contribution in [2.24, 2.45) is 0 Å². The lowest BCUT2D eigenvalue weighted by atomic mass is 10.0. The van der Waals surface area contributed by atoms with Gasteiger partial charge in [0.1, 0.15) is 0 Å². The summed E-state index contributed by atoms with van der Waals surface area (Å²) >= 11 is 0. The molecule has 0 aliphatic carbocycles. The fourth-order valence-electron chi connectivity index (χ4n) is 5.39. The van der Waals surface area contributed by atoms with E-state index in [4.69, 9.17) is 0 Å². The lowest BCUT2D eigenvalue weighted by Crippen LogP contribution is -1.99. The predicted octanol–water partition coefficient (Wildman–Crippen LogP) is 12.3. The van der Waals surface area contributed by atoms with E-state index in [-0.39, 0.29) is 5.97 Å². The number of esters is 1. The Kier molecular flexibility index (Phi) is 32.0. The minimum Gasteiger partial charge on any atom is -0.469 e. The van der Waals surface area contributed by atoms with Crippen LogP contribution in [-0.2, 0) is 9.53 Å². The van der Waals surface area contributed by atoms with Crippen LogP contribution in [0, 0.1) is 0 Å². The Morgan fingerprint density at radius 2 is 0.556 bits per heavy atom. The molecule has 216 valence electrons. The highest BCUT2D eigenvalue weighted by atomic mass is 16.5. The molecule has 0 fully saturated rings. The van der Waals surface area contributed by atoms with E-state index in [1.165, 1.54) is 193 Å². The molecular formula is C34H68O2. The molecule has 0 aromatic heterocycles.